The molecule has 1 spiro atoms. The van der Waals surface area contributed by atoms with Crippen LogP contribution in [0.25, 0.3) is 0 Å². The van der Waals surface area contributed by atoms with Gasteiger partial charge in [-0.2, -0.15) is 0 Å². The second-order valence-corrected chi connectivity index (χ2v) is 6.81. The number of rotatable bonds is 4. The molecular formula is C22H16N2O5. The van der Waals surface area contributed by atoms with Crippen molar-refractivity contribution in [3.63, 3.8) is 0 Å². The molecule has 1 amide bonds. The van der Waals surface area contributed by atoms with Gasteiger partial charge >= 0.3 is 0 Å². The van der Waals surface area contributed by atoms with E-state index in [4.69, 9.17) is 14.0 Å². The summed E-state index contributed by atoms with van der Waals surface area (Å²) in [6.45, 7) is 0. The Labute approximate surface area is 165 Å². The highest BCUT2D eigenvalue weighted by atomic mass is 16.7. The summed E-state index contributed by atoms with van der Waals surface area (Å²) in [5.41, 5.74) is 0.601. The summed E-state index contributed by atoms with van der Waals surface area (Å²) in [5, 5.41) is 7.02. The highest BCUT2D eigenvalue weighted by Gasteiger charge is 2.63. The van der Waals surface area contributed by atoms with Gasteiger partial charge in [0.05, 0.1) is 13.4 Å². The molecule has 1 aromatic heterocycles. The van der Waals surface area contributed by atoms with Crippen LogP contribution in [0.4, 0.5) is 5.69 Å². The van der Waals surface area contributed by atoms with E-state index in [0.717, 1.165) is 0 Å². The van der Waals surface area contributed by atoms with E-state index in [0.29, 0.717) is 28.3 Å². The van der Waals surface area contributed by atoms with Crippen LogP contribution in [0, 0.1) is 5.92 Å². The number of nitrogens with one attached hydrogen (secondary N) is 1. The van der Waals surface area contributed by atoms with Crippen LogP contribution in [0.2, 0.25) is 0 Å². The molecule has 2 aliphatic rings. The minimum Gasteiger partial charge on any atom is -0.497 e. The summed E-state index contributed by atoms with van der Waals surface area (Å²) in [4.78, 5) is 32.4. The Hall–Kier alpha value is -3.87. The van der Waals surface area contributed by atoms with Gasteiger partial charge in [0.2, 0.25) is 5.78 Å². The average Bonchev–Trinajstić information content (AvgIpc) is 3.48. The molecule has 5 rings (SSSR count). The number of anilines is 1. The lowest BCUT2D eigenvalue weighted by molar-refractivity contribution is -0.140. The highest BCUT2D eigenvalue weighted by molar-refractivity contribution is 6.24. The molecule has 3 aromatic rings. The van der Waals surface area contributed by atoms with Crippen LogP contribution in [0.15, 0.2) is 76.5 Å². The second kappa shape index (κ2) is 6.34. The van der Waals surface area contributed by atoms with Gasteiger partial charge in [0.1, 0.15) is 17.4 Å². The zero-order valence-corrected chi connectivity index (χ0v) is 15.4. The van der Waals surface area contributed by atoms with Gasteiger partial charge in [-0.1, -0.05) is 23.4 Å². The van der Waals surface area contributed by atoms with Crippen molar-refractivity contribution >= 4 is 23.1 Å². The summed E-state index contributed by atoms with van der Waals surface area (Å²) in [7, 11) is 1.57. The normalized spacial score (nSPS) is 22.0. The number of benzene rings is 2. The predicted molar refractivity (Wildman–Crippen MR) is 104 cm³/mol. The summed E-state index contributed by atoms with van der Waals surface area (Å²) >= 11 is 0. The van der Waals surface area contributed by atoms with Crippen molar-refractivity contribution in [3.8, 4) is 5.75 Å². The van der Waals surface area contributed by atoms with E-state index in [-0.39, 0.29) is 11.5 Å². The minimum atomic E-state index is -1.59. The van der Waals surface area contributed by atoms with Crippen LogP contribution in [-0.2, 0) is 15.2 Å². The smallest absolute Gasteiger partial charge is 0.277 e. The van der Waals surface area contributed by atoms with Crippen molar-refractivity contribution in [3.05, 3.63) is 83.8 Å². The third-order valence-electron chi connectivity index (χ3n) is 5.29. The molecule has 1 N–H and O–H groups in total. The van der Waals surface area contributed by atoms with E-state index in [1.165, 1.54) is 6.26 Å². The van der Waals surface area contributed by atoms with Crippen LogP contribution < -0.4 is 10.1 Å². The first kappa shape index (κ1) is 17.2. The third kappa shape index (κ3) is 2.40. The predicted octanol–water partition coefficient (Wildman–Crippen LogP) is 3.37. The Balaban J connectivity index is 1.67. The van der Waals surface area contributed by atoms with Gasteiger partial charge in [-0.05, 0) is 42.5 Å². The molecular weight excluding hydrogens is 372 g/mol. The number of hydrogen-bond donors (Lipinski definition) is 1. The number of hydrogen-bond acceptors (Lipinski definition) is 6. The van der Waals surface area contributed by atoms with Crippen molar-refractivity contribution < 1.29 is 23.6 Å². The first-order valence-electron chi connectivity index (χ1n) is 9.04. The molecule has 0 bridgehead atoms. The minimum absolute atomic E-state index is 0.137. The molecule has 0 saturated carbocycles. The number of nitrogens with zero attached hydrogens (tertiary/aromatic N) is 1. The van der Waals surface area contributed by atoms with Gasteiger partial charge in [0.15, 0.2) is 5.76 Å². The van der Waals surface area contributed by atoms with E-state index in [9.17, 15) is 9.59 Å². The summed E-state index contributed by atoms with van der Waals surface area (Å²) in [6.07, 6.45) is 1.42. The largest absolute Gasteiger partial charge is 0.497 e. The molecule has 0 fully saturated rings. The number of methoxy groups -OCH3 is 1. The summed E-state index contributed by atoms with van der Waals surface area (Å²) in [5.74, 6) is -1.02. The molecule has 0 radical (unpaired) electrons. The second-order valence-electron chi connectivity index (χ2n) is 6.81. The first-order valence-corrected chi connectivity index (χ1v) is 9.04. The maximum atomic E-state index is 13.5. The van der Waals surface area contributed by atoms with Crippen molar-refractivity contribution in [1.82, 2.24) is 0 Å². The maximum Gasteiger partial charge on any atom is 0.277 e. The van der Waals surface area contributed by atoms with Crippen LogP contribution in [0.5, 0.6) is 5.75 Å². The van der Waals surface area contributed by atoms with E-state index >= 15 is 0 Å². The molecule has 3 heterocycles. The van der Waals surface area contributed by atoms with Crippen LogP contribution in [0.3, 0.4) is 0 Å². The van der Waals surface area contributed by atoms with Crippen molar-refractivity contribution in [1.29, 1.82) is 0 Å². The fourth-order valence-electron chi connectivity index (χ4n) is 3.90. The van der Waals surface area contributed by atoms with Gasteiger partial charge in [0.25, 0.3) is 11.5 Å². The Morgan fingerprint density at radius 3 is 2.62 bits per heavy atom. The third-order valence-corrected chi connectivity index (χ3v) is 5.29. The molecule has 0 aliphatic carbocycles. The quantitative estimate of drug-likeness (QED) is 0.692. The molecule has 2 atom stereocenters. The van der Waals surface area contributed by atoms with Gasteiger partial charge in [-0.15, -0.1) is 0 Å². The number of oxime groups is 1. The van der Waals surface area contributed by atoms with E-state index in [1.807, 2.05) is 6.07 Å². The zero-order chi connectivity index (χ0) is 20.0. The molecule has 2 aromatic carbocycles. The molecule has 7 nitrogen and oxygen atoms in total. The summed E-state index contributed by atoms with van der Waals surface area (Å²) < 4.78 is 10.5. The van der Waals surface area contributed by atoms with Crippen molar-refractivity contribution in [2.45, 2.75) is 5.60 Å². The Bertz CT molecular complexity index is 1130. The molecule has 7 heteroatoms. The van der Waals surface area contributed by atoms with Gasteiger partial charge in [-0.25, -0.2) is 0 Å². The number of Topliss-reactive ketones (excluding diaryl/α,β-unsaturated/α-hetero) is 1. The lowest BCUT2D eigenvalue weighted by Gasteiger charge is -2.26. The van der Waals surface area contributed by atoms with Crippen molar-refractivity contribution in [2.24, 2.45) is 11.1 Å². The number of carbonyl (C=O) groups excluding carboxylic acids is 2. The first-order chi connectivity index (χ1) is 14.1. The molecule has 2 aliphatic heterocycles. The lowest BCUT2D eigenvalue weighted by Crippen LogP contribution is -2.46. The number of fused-ring (bicyclic) bond motifs is 2. The number of amides is 1. The zero-order valence-electron chi connectivity index (χ0n) is 15.4. The van der Waals surface area contributed by atoms with Crippen LogP contribution in [-0.4, -0.2) is 24.5 Å². The molecule has 0 saturated heterocycles. The SMILES string of the molecule is COc1ccc(C2=NOC3(C(=O)Nc4ccccc43)C2C(=O)c2ccco2)cc1. The topological polar surface area (TPSA) is 90.1 Å². The number of carbonyl (C=O) groups is 2. The number of ketones is 1. The molecule has 29 heavy (non-hydrogen) atoms. The standard InChI is InChI=1S/C22H16N2O5/c1-27-14-10-8-13(9-11-14)19-18(20(25)17-7-4-12-28-17)22(29-24-19)15-5-2-3-6-16(15)23-21(22)26/h2-12,18H,1H3,(H,23,26). The van der Waals surface area contributed by atoms with Crippen molar-refractivity contribution in [2.75, 3.05) is 12.4 Å². The van der Waals surface area contributed by atoms with E-state index < -0.39 is 17.4 Å². The van der Waals surface area contributed by atoms with E-state index in [1.54, 1.807) is 61.7 Å². The van der Waals surface area contributed by atoms with Crippen LogP contribution >= 0.6 is 0 Å². The number of para-hydroxylation sites is 1. The Morgan fingerprint density at radius 2 is 1.90 bits per heavy atom. The summed E-state index contributed by atoms with van der Waals surface area (Å²) in [6, 6.07) is 17.4. The number of furan rings is 1. The Morgan fingerprint density at radius 1 is 1.10 bits per heavy atom. The fraction of sp³-hybridized carbons (Fsp3) is 0.136. The molecule has 2 unspecified atom stereocenters. The number of ether oxygens (including phenoxy) is 1. The molecule has 144 valence electrons. The maximum absolute atomic E-state index is 13.5. The Kier molecular flexibility index (Phi) is 3.77. The van der Waals surface area contributed by atoms with Gasteiger partial charge < -0.3 is 19.3 Å². The highest BCUT2D eigenvalue weighted by Crippen LogP contribution is 2.49. The van der Waals surface area contributed by atoms with Gasteiger partial charge in [0, 0.05) is 16.8 Å². The fourth-order valence-corrected chi connectivity index (χ4v) is 3.90. The lowest BCUT2D eigenvalue weighted by atomic mass is 9.75. The van der Waals surface area contributed by atoms with E-state index in [2.05, 4.69) is 10.5 Å². The van der Waals surface area contributed by atoms with Crippen LogP contribution in [0.1, 0.15) is 21.7 Å². The average molecular weight is 388 g/mol. The van der Waals surface area contributed by atoms with Gasteiger partial charge in [-0.3, -0.25) is 9.59 Å². The monoisotopic (exact) mass is 388 g/mol.